The number of pyridine rings is 1. The molecule has 3 aliphatic heterocycles. The smallest absolute Gasteiger partial charge is 0.218 e. The van der Waals surface area contributed by atoms with Gasteiger partial charge in [0.05, 0.1) is 6.26 Å². The number of aromatic nitrogens is 1. The lowest BCUT2D eigenvalue weighted by molar-refractivity contribution is 0.147. The van der Waals surface area contributed by atoms with E-state index in [1.165, 1.54) is 0 Å². The minimum Gasteiger partial charge on any atom is -0.465 e. The van der Waals surface area contributed by atoms with E-state index in [0.29, 0.717) is 29.3 Å². The Balaban J connectivity index is 1.44. The van der Waals surface area contributed by atoms with Crippen molar-refractivity contribution < 1.29 is 4.42 Å². The van der Waals surface area contributed by atoms with E-state index in [2.05, 4.69) is 20.3 Å². The summed E-state index contributed by atoms with van der Waals surface area (Å²) in [6, 6.07) is 8.00. The number of amidine groups is 1. The Bertz CT molecular complexity index is 1030. The van der Waals surface area contributed by atoms with Crippen molar-refractivity contribution in [3.05, 3.63) is 65.1 Å². The van der Waals surface area contributed by atoms with Crippen LogP contribution in [0.2, 0.25) is 5.15 Å². The Labute approximate surface area is 179 Å². The van der Waals surface area contributed by atoms with Crippen molar-refractivity contribution in [3.8, 4) is 0 Å². The number of fused-ring (bicyclic) bond motifs is 1. The number of hydrogen-bond acceptors (Lipinski definition) is 9. The lowest BCUT2D eigenvalue weighted by Gasteiger charge is -2.33. The molecule has 2 aromatic heterocycles. The first kappa shape index (κ1) is 19.1. The van der Waals surface area contributed by atoms with E-state index < -0.39 is 5.66 Å². The standard InChI is InChI=1S/C20H23ClN8O/c21-16-9-13(5-6-24-16)12-28-7-1-3-14(28)11-20(15-4-2-8-30-15)26-18-10-17(22)25-19(23)29(18)27-20/h2,4-6,8-10,14,27H,1,3,7,11-12,22H2,(H2,23,25). The zero-order chi connectivity index (χ0) is 20.7. The van der Waals surface area contributed by atoms with Gasteiger partial charge in [-0.3, -0.25) is 4.90 Å². The number of hydrogen-bond donors (Lipinski definition) is 3. The second-order valence-corrected chi connectivity index (χ2v) is 8.14. The predicted octanol–water partition coefficient (Wildman–Crippen LogP) is 1.88. The van der Waals surface area contributed by atoms with Gasteiger partial charge in [0.15, 0.2) is 11.5 Å². The molecule has 9 nitrogen and oxygen atoms in total. The minimum absolute atomic E-state index is 0.261. The number of guanidine groups is 1. The second-order valence-electron chi connectivity index (χ2n) is 7.75. The molecular formula is C20H23ClN8O. The molecule has 0 aliphatic carbocycles. The summed E-state index contributed by atoms with van der Waals surface area (Å²) in [5, 5.41) is 2.18. The van der Waals surface area contributed by atoms with Gasteiger partial charge in [0.1, 0.15) is 16.7 Å². The Hall–Kier alpha value is -2.88. The van der Waals surface area contributed by atoms with E-state index in [1.807, 2.05) is 24.3 Å². The molecule has 3 aliphatic rings. The summed E-state index contributed by atoms with van der Waals surface area (Å²) in [6.45, 7) is 1.81. The van der Waals surface area contributed by atoms with Gasteiger partial charge in [-0.05, 0) is 49.2 Å². The number of nitrogens with two attached hydrogens (primary N) is 2. The van der Waals surface area contributed by atoms with Gasteiger partial charge in [0.25, 0.3) is 0 Å². The van der Waals surface area contributed by atoms with Gasteiger partial charge in [-0.1, -0.05) is 11.6 Å². The fraction of sp³-hybridized carbons (Fsp3) is 0.350. The van der Waals surface area contributed by atoms with Crippen LogP contribution in [-0.4, -0.2) is 39.3 Å². The molecule has 2 unspecified atom stereocenters. The van der Waals surface area contributed by atoms with Crippen molar-refractivity contribution in [3.63, 3.8) is 0 Å². The number of aliphatic imine (C=N–C) groups is 2. The first-order valence-corrected chi connectivity index (χ1v) is 10.3. The first-order chi connectivity index (χ1) is 14.5. The highest BCUT2D eigenvalue weighted by Crippen LogP contribution is 2.38. The Morgan fingerprint density at radius 1 is 1.33 bits per heavy atom. The molecule has 2 aromatic rings. The Morgan fingerprint density at radius 3 is 3.03 bits per heavy atom. The fourth-order valence-electron chi connectivity index (χ4n) is 4.40. The molecule has 5 N–H and O–H groups in total. The molecule has 2 atom stereocenters. The van der Waals surface area contributed by atoms with Gasteiger partial charge in [0, 0.05) is 31.3 Å². The second kappa shape index (κ2) is 7.42. The molecule has 0 spiro atoms. The molecular weight excluding hydrogens is 404 g/mol. The van der Waals surface area contributed by atoms with Crippen LogP contribution in [0.3, 0.4) is 0 Å². The highest BCUT2D eigenvalue weighted by molar-refractivity contribution is 6.29. The summed E-state index contributed by atoms with van der Waals surface area (Å²) in [5.74, 6) is 1.94. The van der Waals surface area contributed by atoms with Crippen LogP contribution >= 0.6 is 11.6 Å². The van der Waals surface area contributed by atoms with Crippen LogP contribution in [0.4, 0.5) is 0 Å². The molecule has 156 valence electrons. The highest BCUT2D eigenvalue weighted by atomic mass is 35.5. The van der Waals surface area contributed by atoms with Crippen LogP contribution in [0.5, 0.6) is 0 Å². The SMILES string of the molecule is NC1=CC2=NC(CC3CCCN3Cc3ccnc(Cl)c3)(c3ccco3)NN2C(N)=N1. The summed E-state index contributed by atoms with van der Waals surface area (Å²) >= 11 is 6.08. The van der Waals surface area contributed by atoms with Crippen LogP contribution in [-0.2, 0) is 12.2 Å². The number of nitrogens with one attached hydrogen (secondary N) is 1. The lowest BCUT2D eigenvalue weighted by atomic mass is 9.96. The average molecular weight is 427 g/mol. The van der Waals surface area contributed by atoms with Crippen molar-refractivity contribution >= 4 is 23.4 Å². The fourth-order valence-corrected chi connectivity index (χ4v) is 4.59. The Kier molecular flexibility index (Phi) is 4.73. The number of rotatable bonds is 5. The topological polar surface area (TPSA) is 121 Å². The Morgan fingerprint density at radius 2 is 2.23 bits per heavy atom. The largest absolute Gasteiger partial charge is 0.465 e. The zero-order valence-electron chi connectivity index (χ0n) is 16.3. The van der Waals surface area contributed by atoms with Gasteiger partial charge < -0.3 is 15.9 Å². The number of furan rings is 1. The van der Waals surface area contributed by atoms with Gasteiger partial charge in [0.2, 0.25) is 5.96 Å². The van der Waals surface area contributed by atoms with Gasteiger partial charge in [-0.2, -0.15) is 10.4 Å². The number of nitrogens with zero attached hydrogens (tertiary/aromatic N) is 5. The lowest BCUT2D eigenvalue weighted by Crippen LogP contribution is -2.54. The maximum Gasteiger partial charge on any atom is 0.218 e. The van der Waals surface area contributed by atoms with Gasteiger partial charge in [-0.15, -0.1) is 0 Å². The molecule has 1 saturated heterocycles. The average Bonchev–Trinajstić information content (AvgIpc) is 3.43. The quantitative estimate of drug-likeness (QED) is 0.624. The molecule has 0 aromatic carbocycles. The molecule has 0 saturated carbocycles. The van der Waals surface area contributed by atoms with E-state index in [-0.39, 0.29) is 5.96 Å². The van der Waals surface area contributed by atoms with Crippen molar-refractivity contribution in [2.45, 2.75) is 37.5 Å². The zero-order valence-corrected chi connectivity index (χ0v) is 17.1. The van der Waals surface area contributed by atoms with Crippen molar-refractivity contribution in [2.24, 2.45) is 21.5 Å². The molecule has 0 amide bonds. The third kappa shape index (κ3) is 3.45. The van der Waals surface area contributed by atoms with Crippen molar-refractivity contribution in [1.29, 1.82) is 0 Å². The van der Waals surface area contributed by atoms with Crippen molar-refractivity contribution in [1.82, 2.24) is 20.3 Å². The maximum atomic E-state index is 6.09. The monoisotopic (exact) mass is 426 g/mol. The van der Waals surface area contributed by atoms with Crippen molar-refractivity contribution in [2.75, 3.05) is 6.54 Å². The van der Waals surface area contributed by atoms with Crippen LogP contribution in [0.1, 0.15) is 30.6 Å². The van der Waals surface area contributed by atoms with E-state index in [0.717, 1.165) is 37.3 Å². The van der Waals surface area contributed by atoms with E-state index in [9.17, 15) is 0 Å². The minimum atomic E-state index is -0.788. The van der Waals surface area contributed by atoms with Crippen LogP contribution in [0.15, 0.2) is 63.0 Å². The molecule has 30 heavy (non-hydrogen) atoms. The molecule has 0 radical (unpaired) electrons. The van der Waals surface area contributed by atoms with E-state index >= 15 is 0 Å². The number of hydrazine groups is 1. The first-order valence-electron chi connectivity index (χ1n) is 9.90. The third-order valence-corrected chi connectivity index (χ3v) is 5.92. The summed E-state index contributed by atoms with van der Waals surface area (Å²) in [6.07, 6.45) is 8.00. The molecule has 1 fully saturated rings. The third-order valence-electron chi connectivity index (χ3n) is 5.72. The predicted molar refractivity (Wildman–Crippen MR) is 114 cm³/mol. The molecule has 5 heterocycles. The normalized spacial score (nSPS) is 26.4. The highest BCUT2D eigenvalue weighted by Gasteiger charge is 2.47. The summed E-state index contributed by atoms with van der Waals surface area (Å²) in [5.41, 5.74) is 15.7. The van der Waals surface area contributed by atoms with E-state index in [4.69, 9.17) is 32.5 Å². The summed E-state index contributed by atoms with van der Waals surface area (Å²) < 4.78 is 5.80. The maximum absolute atomic E-state index is 6.09. The van der Waals surface area contributed by atoms with E-state index in [1.54, 1.807) is 23.5 Å². The van der Waals surface area contributed by atoms with Crippen LogP contribution in [0.25, 0.3) is 0 Å². The van der Waals surface area contributed by atoms with Crippen LogP contribution in [0, 0.1) is 0 Å². The molecule has 5 rings (SSSR count). The molecule has 10 heteroatoms. The molecule has 0 bridgehead atoms. The number of likely N-dealkylation sites (tertiary alicyclic amines) is 1. The van der Waals surface area contributed by atoms with Crippen LogP contribution < -0.4 is 16.9 Å². The van der Waals surface area contributed by atoms with Gasteiger partial charge >= 0.3 is 0 Å². The van der Waals surface area contributed by atoms with Gasteiger partial charge in [-0.25, -0.2) is 15.0 Å². The summed E-state index contributed by atoms with van der Waals surface area (Å²) in [7, 11) is 0. The number of halogens is 1. The summed E-state index contributed by atoms with van der Waals surface area (Å²) in [4.78, 5) is 15.6.